The number of benzene rings is 2. The maximum atomic E-state index is 6.06. The van der Waals surface area contributed by atoms with Gasteiger partial charge in [-0.25, -0.2) is 0 Å². The number of ether oxygens (including phenoxy) is 3. The molecular formula is C23H32N2O3. The molecule has 5 heteroatoms. The molecule has 2 aromatic carbocycles. The van der Waals surface area contributed by atoms with Crippen molar-refractivity contribution in [1.29, 1.82) is 0 Å². The Kier molecular flexibility index (Phi) is 6.47. The largest absolute Gasteiger partial charge is 0.496 e. The molecule has 3 rings (SSSR count). The average molecular weight is 385 g/mol. The topological polar surface area (TPSA) is 43.0 Å². The van der Waals surface area contributed by atoms with Crippen LogP contribution in [0.1, 0.15) is 33.9 Å². The van der Waals surface area contributed by atoms with Crippen molar-refractivity contribution < 1.29 is 14.2 Å². The van der Waals surface area contributed by atoms with Crippen LogP contribution in [0.2, 0.25) is 0 Å². The van der Waals surface area contributed by atoms with Gasteiger partial charge in [0.2, 0.25) is 0 Å². The van der Waals surface area contributed by atoms with Crippen molar-refractivity contribution in [2.45, 2.75) is 26.3 Å². The van der Waals surface area contributed by atoms with E-state index in [9.17, 15) is 0 Å². The van der Waals surface area contributed by atoms with E-state index in [0.29, 0.717) is 6.61 Å². The number of fused-ring (bicyclic) bond motifs is 1. The molecule has 1 aliphatic rings. The van der Waals surface area contributed by atoms with Crippen LogP contribution < -0.4 is 19.5 Å². The fraction of sp³-hybridized carbons (Fsp3) is 0.478. The first-order chi connectivity index (χ1) is 13.4. The first-order valence-electron chi connectivity index (χ1n) is 9.81. The van der Waals surface area contributed by atoms with Crippen LogP contribution in [0.15, 0.2) is 24.3 Å². The summed E-state index contributed by atoms with van der Waals surface area (Å²) >= 11 is 0. The Hall–Kier alpha value is -2.24. The zero-order chi connectivity index (χ0) is 20.3. The highest BCUT2D eigenvalue weighted by molar-refractivity contribution is 5.54. The van der Waals surface area contributed by atoms with Crippen LogP contribution in [0.25, 0.3) is 0 Å². The Balaban J connectivity index is 2.02. The molecule has 1 N–H and O–H groups in total. The van der Waals surface area contributed by atoms with E-state index in [-0.39, 0.29) is 6.04 Å². The number of nitrogens with one attached hydrogen (secondary N) is 1. The highest BCUT2D eigenvalue weighted by Crippen LogP contribution is 2.40. The maximum absolute atomic E-state index is 6.06. The molecule has 1 aliphatic heterocycles. The van der Waals surface area contributed by atoms with Gasteiger partial charge in [0.05, 0.1) is 20.3 Å². The summed E-state index contributed by atoms with van der Waals surface area (Å²) in [6, 6.07) is 8.69. The van der Waals surface area contributed by atoms with Crippen molar-refractivity contribution in [3.8, 4) is 17.2 Å². The molecule has 0 spiro atoms. The summed E-state index contributed by atoms with van der Waals surface area (Å²) in [6.45, 7) is 6.65. The van der Waals surface area contributed by atoms with E-state index in [2.05, 4.69) is 48.3 Å². The molecule has 0 fully saturated rings. The smallest absolute Gasteiger partial charge is 0.161 e. The molecule has 0 aromatic heterocycles. The monoisotopic (exact) mass is 384 g/mol. The van der Waals surface area contributed by atoms with Gasteiger partial charge in [-0.2, -0.15) is 0 Å². The fourth-order valence-corrected chi connectivity index (χ4v) is 3.67. The molecule has 2 aromatic rings. The third kappa shape index (κ3) is 4.26. The highest BCUT2D eigenvalue weighted by Gasteiger charge is 2.26. The lowest BCUT2D eigenvalue weighted by Gasteiger charge is -2.30. The second kappa shape index (κ2) is 8.84. The van der Waals surface area contributed by atoms with Gasteiger partial charge in [0.1, 0.15) is 12.4 Å². The Bertz CT molecular complexity index is 833. The molecule has 1 heterocycles. The van der Waals surface area contributed by atoms with Crippen molar-refractivity contribution in [1.82, 2.24) is 10.2 Å². The second-order valence-corrected chi connectivity index (χ2v) is 7.67. The molecule has 28 heavy (non-hydrogen) atoms. The zero-order valence-electron chi connectivity index (χ0n) is 17.9. The third-order valence-electron chi connectivity index (χ3n) is 5.43. The van der Waals surface area contributed by atoms with Crippen molar-refractivity contribution >= 4 is 0 Å². The number of methoxy groups -OCH3 is 2. The number of hydrogen-bond acceptors (Lipinski definition) is 5. The summed E-state index contributed by atoms with van der Waals surface area (Å²) in [5.74, 6) is 2.50. The van der Waals surface area contributed by atoms with Crippen LogP contribution in [-0.2, 0) is 6.42 Å². The van der Waals surface area contributed by atoms with Gasteiger partial charge in [0.15, 0.2) is 11.5 Å². The highest BCUT2D eigenvalue weighted by atomic mass is 16.5. The van der Waals surface area contributed by atoms with Gasteiger partial charge in [0, 0.05) is 18.7 Å². The molecule has 0 amide bonds. The number of likely N-dealkylation sites (N-methyl/N-ethyl adjacent to an activating group) is 1. The summed E-state index contributed by atoms with van der Waals surface area (Å²) in [5, 5.41) is 3.67. The minimum absolute atomic E-state index is 0.0695. The minimum atomic E-state index is 0.0695. The lowest BCUT2D eigenvalue weighted by molar-refractivity contribution is 0.250. The fourth-order valence-electron chi connectivity index (χ4n) is 3.67. The molecule has 0 saturated carbocycles. The molecule has 1 atom stereocenters. The molecular weight excluding hydrogens is 352 g/mol. The van der Waals surface area contributed by atoms with Gasteiger partial charge in [0.25, 0.3) is 0 Å². The van der Waals surface area contributed by atoms with E-state index in [1.165, 1.54) is 22.3 Å². The summed E-state index contributed by atoms with van der Waals surface area (Å²) in [6.07, 6.45) is 0.966. The van der Waals surface area contributed by atoms with E-state index in [1.54, 1.807) is 14.2 Å². The Morgan fingerprint density at radius 3 is 2.32 bits per heavy atom. The predicted octanol–water partition coefficient (Wildman–Crippen LogP) is 3.50. The number of aryl methyl sites for hydroxylation is 2. The van der Waals surface area contributed by atoms with Gasteiger partial charge in [-0.15, -0.1) is 0 Å². The van der Waals surface area contributed by atoms with Crippen molar-refractivity contribution in [3.05, 3.63) is 52.1 Å². The standard InChI is InChI=1S/C23H32N2O3/c1-15-11-19(20(26-5)12-16(15)2)23-18-14-22(28-10-9-25(3)4)21(27-6)13-17(18)7-8-24-23/h11-14,23-24H,7-10H2,1-6H3. The molecule has 0 aliphatic carbocycles. The van der Waals surface area contributed by atoms with Gasteiger partial charge in [-0.05, 0) is 74.8 Å². The van der Waals surface area contributed by atoms with Crippen LogP contribution in [0, 0.1) is 13.8 Å². The van der Waals surface area contributed by atoms with Crippen molar-refractivity contribution in [2.24, 2.45) is 0 Å². The van der Waals surface area contributed by atoms with Crippen LogP contribution >= 0.6 is 0 Å². The van der Waals surface area contributed by atoms with E-state index in [1.807, 2.05) is 14.1 Å². The Morgan fingerprint density at radius 1 is 0.929 bits per heavy atom. The molecule has 5 nitrogen and oxygen atoms in total. The van der Waals surface area contributed by atoms with Crippen LogP contribution in [0.5, 0.6) is 17.2 Å². The summed E-state index contributed by atoms with van der Waals surface area (Å²) in [7, 11) is 7.52. The van der Waals surface area contributed by atoms with Gasteiger partial charge < -0.3 is 24.4 Å². The summed E-state index contributed by atoms with van der Waals surface area (Å²) in [5.41, 5.74) is 6.19. The van der Waals surface area contributed by atoms with Crippen molar-refractivity contribution in [2.75, 3.05) is 48.0 Å². The SMILES string of the molecule is COc1cc2c(cc1OCCN(C)C)C(c1cc(C)c(C)cc1OC)NCC2. The van der Waals surface area contributed by atoms with Crippen LogP contribution in [-0.4, -0.2) is 52.9 Å². The number of hydrogen-bond donors (Lipinski definition) is 1. The van der Waals surface area contributed by atoms with E-state index in [0.717, 1.165) is 42.3 Å². The van der Waals surface area contributed by atoms with Crippen LogP contribution in [0.4, 0.5) is 0 Å². The van der Waals surface area contributed by atoms with E-state index >= 15 is 0 Å². The first kappa shape index (κ1) is 20.5. The van der Waals surface area contributed by atoms with E-state index in [4.69, 9.17) is 14.2 Å². The second-order valence-electron chi connectivity index (χ2n) is 7.67. The molecule has 0 bridgehead atoms. The number of nitrogens with zero attached hydrogens (tertiary/aromatic N) is 1. The van der Waals surface area contributed by atoms with Gasteiger partial charge in [-0.3, -0.25) is 0 Å². The Labute approximate surface area is 168 Å². The lowest BCUT2D eigenvalue weighted by Crippen LogP contribution is -2.31. The normalized spacial score (nSPS) is 16.0. The summed E-state index contributed by atoms with van der Waals surface area (Å²) < 4.78 is 17.4. The average Bonchev–Trinajstić information content (AvgIpc) is 2.68. The molecule has 1 unspecified atom stereocenters. The molecule has 0 radical (unpaired) electrons. The quantitative estimate of drug-likeness (QED) is 0.792. The molecule has 152 valence electrons. The third-order valence-corrected chi connectivity index (χ3v) is 5.43. The maximum Gasteiger partial charge on any atom is 0.161 e. The molecule has 0 saturated heterocycles. The van der Waals surface area contributed by atoms with E-state index < -0.39 is 0 Å². The van der Waals surface area contributed by atoms with Gasteiger partial charge >= 0.3 is 0 Å². The van der Waals surface area contributed by atoms with Crippen LogP contribution in [0.3, 0.4) is 0 Å². The Morgan fingerprint density at radius 2 is 1.64 bits per heavy atom. The van der Waals surface area contributed by atoms with Gasteiger partial charge in [-0.1, -0.05) is 6.07 Å². The number of rotatable bonds is 7. The minimum Gasteiger partial charge on any atom is -0.496 e. The predicted molar refractivity (Wildman–Crippen MR) is 113 cm³/mol. The summed E-state index contributed by atoms with van der Waals surface area (Å²) in [4.78, 5) is 2.11. The van der Waals surface area contributed by atoms with Crippen molar-refractivity contribution in [3.63, 3.8) is 0 Å². The lowest BCUT2D eigenvalue weighted by atomic mass is 9.87. The first-order valence-corrected chi connectivity index (χ1v) is 9.81. The zero-order valence-corrected chi connectivity index (χ0v) is 17.9.